The number of likely N-dealkylation sites (N-methyl/N-ethyl adjacent to an activating group) is 1. The number of nitrogens with zero attached hydrogens (tertiary/aromatic N) is 1. The van der Waals surface area contributed by atoms with E-state index in [1.54, 1.807) is 12.1 Å². The van der Waals surface area contributed by atoms with E-state index in [9.17, 15) is 8.42 Å². The Morgan fingerprint density at radius 3 is 2.76 bits per heavy atom. The number of nitrogens with one attached hydrogen (secondary N) is 1. The van der Waals surface area contributed by atoms with Crippen LogP contribution in [0.3, 0.4) is 0 Å². The molecule has 0 aromatic carbocycles. The van der Waals surface area contributed by atoms with Crippen molar-refractivity contribution in [3.05, 3.63) is 29.7 Å². The van der Waals surface area contributed by atoms with Crippen LogP contribution in [0.15, 0.2) is 29.0 Å². The maximum atomic E-state index is 12.2. The maximum absolute atomic E-state index is 12.2. The third-order valence-electron chi connectivity index (χ3n) is 2.27. The molecule has 0 saturated heterocycles. The van der Waals surface area contributed by atoms with E-state index in [1.807, 2.05) is 20.0 Å². The van der Waals surface area contributed by atoms with Gasteiger partial charge in [0, 0.05) is 24.5 Å². The second-order valence-corrected chi connectivity index (χ2v) is 6.83. The minimum absolute atomic E-state index is 0.345. The molecular weight excluding hydrogens is 256 g/mol. The minimum Gasteiger partial charge on any atom is -0.315 e. The minimum atomic E-state index is -3.36. The highest BCUT2D eigenvalue weighted by Gasteiger charge is 2.23. The quantitative estimate of drug-likeness (QED) is 0.769. The van der Waals surface area contributed by atoms with Crippen LogP contribution in [-0.2, 0) is 16.6 Å². The monoisotopic (exact) mass is 274 g/mol. The molecule has 1 N–H and O–H groups in total. The van der Waals surface area contributed by atoms with Crippen LogP contribution in [0.1, 0.15) is 11.8 Å². The first-order valence-corrected chi connectivity index (χ1v) is 7.66. The number of thiophene rings is 1. The van der Waals surface area contributed by atoms with Gasteiger partial charge in [0.05, 0.1) is 0 Å². The van der Waals surface area contributed by atoms with Gasteiger partial charge in [-0.1, -0.05) is 13.0 Å². The van der Waals surface area contributed by atoms with E-state index >= 15 is 0 Å². The Morgan fingerprint density at radius 1 is 1.53 bits per heavy atom. The zero-order valence-corrected chi connectivity index (χ0v) is 11.8. The van der Waals surface area contributed by atoms with Gasteiger partial charge in [-0.05, 0) is 19.2 Å². The summed E-state index contributed by atoms with van der Waals surface area (Å²) in [5.41, 5.74) is 0. The summed E-state index contributed by atoms with van der Waals surface area (Å²) in [7, 11) is -1.52. The van der Waals surface area contributed by atoms with Gasteiger partial charge in [-0.3, -0.25) is 0 Å². The van der Waals surface area contributed by atoms with Crippen molar-refractivity contribution in [2.75, 3.05) is 20.1 Å². The van der Waals surface area contributed by atoms with Gasteiger partial charge >= 0.3 is 0 Å². The molecule has 0 aliphatic carbocycles. The molecule has 0 aliphatic rings. The van der Waals surface area contributed by atoms with Gasteiger partial charge in [0.2, 0.25) is 0 Å². The summed E-state index contributed by atoms with van der Waals surface area (Å²) in [5, 5.41) is 3.00. The Balaban J connectivity index is 2.98. The van der Waals surface area contributed by atoms with Crippen molar-refractivity contribution in [3.8, 4) is 0 Å². The molecule has 1 aromatic heterocycles. The van der Waals surface area contributed by atoms with E-state index in [-0.39, 0.29) is 0 Å². The molecule has 0 aliphatic heterocycles. The molecule has 0 fully saturated rings. The van der Waals surface area contributed by atoms with Crippen LogP contribution in [0, 0.1) is 0 Å². The highest BCUT2D eigenvalue weighted by molar-refractivity contribution is 7.91. The van der Waals surface area contributed by atoms with E-state index < -0.39 is 10.0 Å². The molecule has 1 rings (SSSR count). The van der Waals surface area contributed by atoms with Crippen molar-refractivity contribution < 1.29 is 8.42 Å². The lowest BCUT2D eigenvalue weighted by atomic mass is 10.5. The van der Waals surface area contributed by atoms with Gasteiger partial charge in [0.15, 0.2) is 0 Å². The zero-order chi connectivity index (χ0) is 12.9. The van der Waals surface area contributed by atoms with Gasteiger partial charge in [0.25, 0.3) is 10.0 Å². The molecule has 6 heteroatoms. The molecule has 1 aromatic rings. The second-order valence-electron chi connectivity index (χ2n) is 3.50. The number of rotatable bonds is 7. The molecule has 0 bridgehead atoms. The lowest BCUT2D eigenvalue weighted by Gasteiger charge is -2.17. The van der Waals surface area contributed by atoms with Crippen molar-refractivity contribution in [2.45, 2.75) is 17.7 Å². The summed E-state index contributed by atoms with van der Waals surface area (Å²) in [6.45, 7) is 6.89. The Hall–Kier alpha value is -0.690. The SMILES string of the molecule is C=CCN(CC)S(=O)(=O)c1ccc(CNC)s1. The maximum Gasteiger partial charge on any atom is 0.252 e. The third kappa shape index (κ3) is 3.38. The topological polar surface area (TPSA) is 49.4 Å². The van der Waals surface area contributed by atoms with Crippen molar-refractivity contribution in [3.63, 3.8) is 0 Å². The van der Waals surface area contributed by atoms with Crippen molar-refractivity contribution >= 4 is 21.4 Å². The van der Waals surface area contributed by atoms with E-state index in [2.05, 4.69) is 11.9 Å². The molecular formula is C11H18N2O2S2. The standard InChI is InChI=1S/C11H18N2O2S2/c1-4-8-13(5-2)17(14,15)11-7-6-10(16-11)9-12-3/h4,6-7,12H,1,5,8-9H2,2-3H3. The van der Waals surface area contributed by atoms with Gasteiger partial charge in [-0.2, -0.15) is 4.31 Å². The van der Waals surface area contributed by atoms with E-state index in [0.29, 0.717) is 23.8 Å². The van der Waals surface area contributed by atoms with E-state index in [4.69, 9.17) is 0 Å². The largest absolute Gasteiger partial charge is 0.315 e. The molecule has 4 nitrogen and oxygen atoms in total. The third-order valence-corrected chi connectivity index (χ3v) is 5.76. The Kier molecular flexibility index (Phi) is 5.32. The molecule has 0 unspecified atom stereocenters. The van der Waals surface area contributed by atoms with Crippen LogP contribution in [0.2, 0.25) is 0 Å². The average Bonchev–Trinajstić information content (AvgIpc) is 2.75. The lowest BCUT2D eigenvalue weighted by Crippen LogP contribution is -2.30. The summed E-state index contributed by atoms with van der Waals surface area (Å²) in [6, 6.07) is 3.51. The summed E-state index contributed by atoms with van der Waals surface area (Å²) in [6.07, 6.45) is 1.60. The number of hydrogen-bond donors (Lipinski definition) is 1. The fraction of sp³-hybridized carbons (Fsp3) is 0.455. The van der Waals surface area contributed by atoms with Crippen molar-refractivity contribution in [2.24, 2.45) is 0 Å². The van der Waals surface area contributed by atoms with E-state index in [0.717, 1.165) is 4.88 Å². The van der Waals surface area contributed by atoms with Crippen LogP contribution in [0.4, 0.5) is 0 Å². The van der Waals surface area contributed by atoms with E-state index in [1.165, 1.54) is 15.6 Å². The predicted octanol–water partition coefficient (Wildman–Crippen LogP) is 1.66. The molecule has 0 saturated carbocycles. The summed E-state index contributed by atoms with van der Waals surface area (Å²) >= 11 is 1.31. The highest BCUT2D eigenvalue weighted by atomic mass is 32.2. The number of hydrogen-bond acceptors (Lipinski definition) is 4. The normalized spacial score (nSPS) is 11.9. The Labute approximate surface area is 107 Å². The first-order chi connectivity index (χ1) is 8.06. The fourth-order valence-corrected chi connectivity index (χ4v) is 4.38. The molecule has 0 amide bonds. The van der Waals surface area contributed by atoms with Gasteiger partial charge in [0.1, 0.15) is 4.21 Å². The Morgan fingerprint density at radius 2 is 2.24 bits per heavy atom. The molecule has 0 spiro atoms. The molecule has 0 radical (unpaired) electrons. The summed E-state index contributed by atoms with van der Waals surface area (Å²) in [5.74, 6) is 0. The van der Waals surface area contributed by atoms with Crippen LogP contribution in [0.5, 0.6) is 0 Å². The van der Waals surface area contributed by atoms with Crippen LogP contribution >= 0.6 is 11.3 Å². The predicted molar refractivity (Wildman–Crippen MR) is 71.7 cm³/mol. The van der Waals surface area contributed by atoms with Crippen molar-refractivity contribution in [1.82, 2.24) is 9.62 Å². The molecule has 1 heterocycles. The highest BCUT2D eigenvalue weighted by Crippen LogP contribution is 2.24. The zero-order valence-electron chi connectivity index (χ0n) is 10.1. The van der Waals surface area contributed by atoms with Crippen LogP contribution < -0.4 is 5.32 Å². The Bertz CT molecular complexity index is 466. The van der Waals surface area contributed by atoms with Crippen LogP contribution in [-0.4, -0.2) is 32.9 Å². The van der Waals surface area contributed by atoms with Gasteiger partial charge in [-0.15, -0.1) is 17.9 Å². The van der Waals surface area contributed by atoms with Crippen molar-refractivity contribution in [1.29, 1.82) is 0 Å². The smallest absolute Gasteiger partial charge is 0.252 e. The van der Waals surface area contributed by atoms with Gasteiger partial charge < -0.3 is 5.32 Å². The first-order valence-electron chi connectivity index (χ1n) is 5.40. The molecule has 96 valence electrons. The fourth-order valence-electron chi connectivity index (χ4n) is 1.43. The molecule has 0 atom stereocenters. The summed E-state index contributed by atoms with van der Waals surface area (Å²) in [4.78, 5) is 1.01. The van der Waals surface area contributed by atoms with Crippen LogP contribution in [0.25, 0.3) is 0 Å². The average molecular weight is 274 g/mol. The molecule has 17 heavy (non-hydrogen) atoms. The lowest BCUT2D eigenvalue weighted by molar-refractivity contribution is 0.461. The first kappa shape index (κ1) is 14.4. The second kappa shape index (κ2) is 6.30. The number of sulfonamides is 1. The summed E-state index contributed by atoms with van der Waals surface area (Å²) < 4.78 is 26.3. The van der Waals surface area contributed by atoms with Gasteiger partial charge in [-0.25, -0.2) is 8.42 Å².